The summed E-state index contributed by atoms with van der Waals surface area (Å²) in [5.41, 5.74) is 0. The Bertz CT molecular complexity index is 239. The molecule has 1 aliphatic heterocycles. The molecule has 0 aromatic heterocycles. The zero-order valence-electron chi connectivity index (χ0n) is 10.6. The van der Waals surface area contributed by atoms with Gasteiger partial charge in [-0.2, -0.15) is 0 Å². The van der Waals surface area contributed by atoms with E-state index in [0.717, 1.165) is 31.2 Å². The molecule has 1 aliphatic carbocycles. The van der Waals surface area contributed by atoms with Crippen molar-refractivity contribution in [3.63, 3.8) is 0 Å². The van der Waals surface area contributed by atoms with Crippen LogP contribution in [0.5, 0.6) is 0 Å². The van der Waals surface area contributed by atoms with Gasteiger partial charge in [0.2, 0.25) is 0 Å². The predicted octanol–water partition coefficient (Wildman–Crippen LogP) is 2.87. The van der Waals surface area contributed by atoms with Crippen molar-refractivity contribution in [2.75, 3.05) is 19.6 Å². The van der Waals surface area contributed by atoms with E-state index in [1.54, 1.807) is 6.92 Å². The highest BCUT2D eigenvalue weighted by Crippen LogP contribution is 2.35. The summed E-state index contributed by atoms with van der Waals surface area (Å²) in [5.74, 6) is 2.34. The molecule has 0 aromatic rings. The van der Waals surface area contributed by atoms with Crippen molar-refractivity contribution in [1.29, 1.82) is 0 Å². The second-order valence-corrected chi connectivity index (χ2v) is 5.70. The number of likely N-dealkylation sites (tertiary alicyclic amines) is 1. The van der Waals surface area contributed by atoms with Crippen LogP contribution in [0, 0.1) is 11.8 Å². The van der Waals surface area contributed by atoms with Gasteiger partial charge in [-0.15, -0.1) is 0 Å². The van der Waals surface area contributed by atoms with Crippen molar-refractivity contribution < 1.29 is 4.79 Å². The SMILES string of the molecule is CC(=O)CCCN1CC[C@@H]2CCCC[C@@H]2C1. The van der Waals surface area contributed by atoms with Crippen LogP contribution in [0.25, 0.3) is 0 Å². The van der Waals surface area contributed by atoms with Crippen molar-refractivity contribution in [3.8, 4) is 0 Å². The highest BCUT2D eigenvalue weighted by Gasteiger charge is 2.30. The zero-order valence-corrected chi connectivity index (χ0v) is 10.6. The fourth-order valence-corrected chi connectivity index (χ4v) is 3.43. The molecule has 0 N–H and O–H groups in total. The highest BCUT2D eigenvalue weighted by molar-refractivity contribution is 5.75. The summed E-state index contributed by atoms with van der Waals surface area (Å²) in [5, 5.41) is 0. The third kappa shape index (κ3) is 3.31. The standard InChI is InChI=1S/C14H25NO/c1-12(16)5-4-9-15-10-8-13-6-2-3-7-14(13)11-15/h13-14H,2-11H2,1H3/t13-,14+/m0/s1. The summed E-state index contributed by atoms with van der Waals surface area (Å²) >= 11 is 0. The van der Waals surface area contributed by atoms with Crippen LogP contribution in [-0.4, -0.2) is 30.3 Å². The first-order valence-electron chi connectivity index (χ1n) is 6.97. The lowest BCUT2D eigenvalue weighted by molar-refractivity contribution is -0.117. The minimum absolute atomic E-state index is 0.340. The molecule has 0 aromatic carbocycles. The van der Waals surface area contributed by atoms with E-state index in [2.05, 4.69) is 4.90 Å². The molecule has 0 radical (unpaired) electrons. The Labute approximate surface area is 99.4 Å². The molecule has 2 rings (SSSR count). The maximum absolute atomic E-state index is 10.9. The molecule has 1 heterocycles. The quantitative estimate of drug-likeness (QED) is 0.730. The number of fused-ring (bicyclic) bond motifs is 1. The van der Waals surface area contributed by atoms with Crippen LogP contribution in [0.1, 0.15) is 51.9 Å². The fraction of sp³-hybridized carbons (Fsp3) is 0.929. The van der Waals surface area contributed by atoms with Gasteiger partial charge in [0.1, 0.15) is 5.78 Å². The van der Waals surface area contributed by atoms with Crippen molar-refractivity contribution in [3.05, 3.63) is 0 Å². The van der Waals surface area contributed by atoms with Crippen molar-refractivity contribution in [2.45, 2.75) is 51.9 Å². The topological polar surface area (TPSA) is 20.3 Å². The maximum Gasteiger partial charge on any atom is 0.129 e. The predicted molar refractivity (Wildman–Crippen MR) is 66.4 cm³/mol. The van der Waals surface area contributed by atoms with Crippen LogP contribution in [0.15, 0.2) is 0 Å². The summed E-state index contributed by atoms with van der Waals surface area (Å²) in [7, 11) is 0. The average Bonchev–Trinajstić information content (AvgIpc) is 2.28. The van der Waals surface area contributed by atoms with Crippen molar-refractivity contribution in [2.24, 2.45) is 11.8 Å². The van der Waals surface area contributed by atoms with E-state index in [1.165, 1.54) is 45.2 Å². The number of piperidine rings is 1. The Morgan fingerprint density at radius 2 is 1.94 bits per heavy atom. The maximum atomic E-state index is 10.9. The molecule has 2 aliphatic rings. The van der Waals surface area contributed by atoms with E-state index in [4.69, 9.17) is 0 Å². The summed E-state index contributed by atoms with van der Waals surface area (Å²) in [6, 6.07) is 0. The zero-order chi connectivity index (χ0) is 11.4. The molecular formula is C14H25NO. The number of nitrogens with zero attached hydrogens (tertiary/aromatic N) is 1. The number of carbonyl (C=O) groups excluding carboxylic acids is 1. The molecule has 92 valence electrons. The van der Waals surface area contributed by atoms with E-state index in [1.807, 2.05) is 0 Å². The molecule has 0 bridgehead atoms. The molecule has 2 heteroatoms. The lowest BCUT2D eigenvalue weighted by Gasteiger charge is -2.41. The Morgan fingerprint density at radius 1 is 1.19 bits per heavy atom. The van der Waals surface area contributed by atoms with Gasteiger partial charge >= 0.3 is 0 Å². The second kappa shape index (κ2) is 5.81. The van der Waals surface area contributed by atoms with E-state index in [9.17, 15) is 4.79 Å². The van der Waals surface area contributed by atoms with Crippen LogP contribution >= 0.6 is 0 Å². The smallest absolute Gasteiger partial charge is 0.129 e. The third-order valence-electron chi connectivity index (χ3n) is 4.38. The van der Waals surface area contributed by atoms with Gasteiger partial charge < -0.3 is 9.69 Å². The van der Waals surface area contributed by atoms with Crippen LogP contribution in [0.4, 0.5) is 0 Å². The first-order valence-corrected chi connectivity index (χ1v) is 6.97. The molecular weight excluding hydrogens is 198 g/mol. The Balaban J connectivity index is 1.70. The van der Waals surface area contributed by atoms with Gasteiger partial charge in [-0.3, -0.25) is 0 Å². The third-order valence-corrected chi connectivity index (χ3v) is 4.38. The number of Topliss-reactive ketones (excluding diaryl/α,β-unsaturated/α-hetero) is 1. The number of hydrogen-bond acceptors (Lipinski definition) is 2. The lowest BCUT2D eigenvalue weighted by Crippen LogP contribution is -2.42. The summed E-state index contributed by atoms with van der Waals surface area (Å²) in [4.78, 5) is 13.5. The molecule has 2 fully saturated rings. The van der Waals surface area contributed by atoms with Gasteiger partial charge in [0.15, 0.2) is 0 Å². The van der Waals surface area contributed by atoms with Gasteiger partial charge in [-0.1, -0.05) is 19.3 Å². The van der Waals surface area contributed by atoms with Crippen molar-refractivity contribution >= 4 is 5.78 Å². The molecule has 0 spiro atoms. The summed E-state index contributed by atoms with van der Waals surface area (Å²) in [6.07, 6.45) is 9.08. The van der Waals surface area contributed by atoms with Crippen LogP contribution in [-0.2, 0) is 4.79 Å². The van der Waals surface area contributed by atoms with E-state index < -0.39 is 0 Å². The highest BCUT2D eigenvalue weighted by atomic mass is 16.1. The first-order chi connectivity index (χ1) is 7.75. The Morgan fingerprint density at radius 3 is 2.69 bits per heavy atom. The van der Waals surface area contributed by atoms with E-state index >= 15 is 0 Å². The van der Waals surface area contributed by atoms with Gasteiger partial charge in [0, 0.05) is 13.0 Å². The Hall–Kier alpha value is -0.370. The average molecular weight is 223 g/mol. The molecule has 0 amide bonds. The normalized spacial score (nSPS) is 31.1. The molecule has 1 saturated heterocycles. The van der Waals surface area contributed by atoms with Crippen molar-refractivity contribution in [1.82, 2.24) is 4.90 Å². The summed E-state index contributed by atoms with van der Waals surface area (Å²) < 4.78 is 0. The number of hydrogen-bond donors (Lipinski definition) is 0. The lowest BCUT2D eigenvalue weighted by atomic mass is 9.75. The molecule has 0 unspecified atom stereocenters. The molecule has 16 heavy (non-hydrogen) atoms. The van der Waals surface area contributed by atoms with Crippen LogP contribution < -0.4 is 0 Å². The minimum Gasteiger partial charge on any atom is -0.303 e. The molecule has 2 atom stereocenters. The Kier molecular flexibility index (Phi) is 4.39. The van der Waals surface area contributed by atoms with E-state index in [-0.39, 0.29) is 0 Å². The minimum atomic E-state index is 0.340. The van der Waals surface area contributed by atoms with Gasteiger partial charge in [-0.25, -0.2) is 0 Å². The monoisotopic (exact) mass is 223 g/mol. The molecule has 1 saturated carbocycles. The number of carbonyl (C=O) groups is 1. The fourth-order valence-electron chi connectivity index (χ4n) is 3.43. The second-order valence-electron chi connectivity index (χ2n) is 5.70. The van der Waals surface area contributed by atoms with Gasteiger partial charge in [0.05, 0.1) is 0 Å². The van der Waals surface area contributed by atoms with Crippen LogP contribution in [0.2, 0.25) is 0 Å². The van der Waals surface area contributed by atoms with E-state index in [0.29, 0.717) is 5.78 Å². The van der Waals surface area contributed by atoms with Gasteiger partial charge in [-0.05, 0) is 51.1 Å². The molecule has 2 nitrogen and oxygen atoms in total. The van der Waals surface area contributed by atoms with Gasteiger partial charge in [0.25, 0.3) is 0 Å². The number of rotatable bonds is 4. The summed E-state index contributed by atoms with van der Waals surface area (Å²) in [6.45, 7) is 5.43. The van der Waals surface area contributed by atoms with Crippen LogP contribution in [0.3, 0.4) is 0 Å². The first kappa shape index (κ1) is 12.1. The largest absolute Gasteiger partial charge is 0.303 e. The number of ketones is 1.